The number of thiophene rings is 1. The lowest BCUT2D eigenvalue weighted by Crippen LogP contribution is -2.33. The summed E-state index contributed by atoms with van der Waals surface area (Å²) in [5.41, 5.74) is 1.12. The van der Waals surface area contributed by atoms with E-state index in [2.05, 4.69) is 6.07 Å². The molecule has 3 aromatic rings. The van der Waals surface area contributed by atoms with Crippen molar-refractivity contribution in [1.29, 1.82) is 0 Å². The van der Waals surface area contributed by atoms with E-state index < -0.39 is 0 Å². The Morgan fingerprint density at radius 3 is 2.68 bits per heavy atom. The topological polar surface area (TPSA) is 20.3 Å². The minimum Gasteiger partial charge on any atom is -0.337 e. The number of carbonyl (C=O) groups excluding carboxylic acids is 1. The number of fused-ring (bicyclic) bond motifs is 1. The van der Waals surface area contributed by atoms with E-state index in [1.165, 1.54) is 12.1 Å². The van der Waals surface area contributed by atoms with Crippen LogP contribution >= 0.6 is 11.3 Å². The summed E-state index contributed by atoms with van der Waals surface area (Å²) in [6.45, 7) is 1.50. The van der Waals surface area contributed by atoms with Crippen LogP contribution in [0.25, 0.3) is 10.1 Å². The van der Waals surface area contributed by atoms with Gasteiger partial charge in [-0.25, -0.2) is 4.39 Å². The smallest absolute Gasteiger partial charge is 0.263 e. The molecule has 1 unspecified atom stereocenters. The van der Waals surface area contributed by atoms with Crippen molar-refractivity contribution >= 4 is 27.3 Å². The van der Waals surface area contributed by atoms with Gasteiger partial charge in [-0.1, -0.05) is 36.8 Å². The number of likely N-dealkylation sites (tertiary alicyclic amines) is 1. The first-order valence-corrected chi connectivity index (χ1v) is 9.56. The Hall–Kier alpha value is -2.20. The molecule has 1 aliphatic heterocycles. The van der Waals surface area contributed by atoms with Gasteiger partial charge in [-0.3, -0.25) is 4.79 Å². The number of benzene rings is 2. The summed E-state index contributed by atoms with van der Waals surface area (Å²) in [7, 11) is 0. The maximum atomic E-state index is 13.2. The molecule has 0 bridgehead atoms. The number of amides is 1. The Labute approximate surface area is 150 Å². The SMILES string of the molecule is O=C(c1cc2ccccc2s1)N1CCCCC(c2ccc(F)cc2)C1. The summed E-state index contributed by atoms with van der Waals surface area (Å²) in [6.07, 6.45) is 3.16. The second kappa shape index (κ2) is 6.96. The molecule has 0 aliphatic carbocycles. The summed E-state index contributed by atoms with van der Waals surface area (Å²) in [5.74, 6) is 0.187. The molecule has 2 nitrogen and oxygen atoms in total. The normalized spacial score (nSPS) is 18.3. The number of nitrogens with zero attached hydrogens (tertiary/aromatic N) is 1. The maximum Gasteiger partial charge on any atom is 0.263 e. The minimum atomic E-state index is -0.212. The van der Waals surface area contributed by atoms with E-state index in [1.807, 2.05) is 41.3 Å². The van der Waals surface area contributed by atoms with Gasteiger partial charge in [0.25, 0.3) is 5.91 Å². The standard InChI is InChI=1S/C21H20FNOS/c22-18-10-8-15(9-11-18)17-6-3-4-12-23(14-17)21(24)20-13-16-5-1-2-7-19(16)25-20/h1-2,5,7-11,13,17H,3-4,6,12,14H2. The van der Waals surface area contributed by atoms with Crippen LogP contribution < -0.4 is 0 Å². The maximum absolute atomic E-state index is 13.2. The van der Waals surface area contributed by atoms with Crippen molar-refractivity contribution in [2.24, 2.45) is 0 Å². The molecule has 1 atom stereocenters. The van der Waals surface area contributed by atoms with Crippen LogP contribution in [0.5, 0.6) is 0 Å². The number of carbonyl (C=O) groups is 1. The van der Waals surface area contributed by atoms with Crippen molar-refractivity contribution in [2.45, 2.75) is 25.2 Å². The van der Waals surface area contributed by atoms with Crippen LogP contribution in [0.1, 0.15) is 40.4 Å². The molecule has 4 rings (SSSR count). The second-order valence-corrected chi connectivity index (χ2v) is 7.73. The van der Waals surface area contributed by atoms with E-state index in [4.69, 9.17) is 0 Å². The lowest BCUT2D eigenvalue weighted by atomic mass is 9.94. The van der Waals surface area contributed by atoms with Crippen molar-refractivity contribution in [3.63, 3.8) is 0 Å². The highest BCUT2D eigenvalue weighted by Gasteiger charge is 2.25. The van der Waals surface area contributed by atoms with Gasteiger partial charge in [0, 0.05) is 23.7 Å². The Bertz CT molecular complexity index is 853. The third kappa shape index (κ3) is 3.45. The Morgan fingerprint density at radius 2 is 1.88 bits per heavy atom. The largest absolute Gasteiger partial charge is 0.337 e. The van der Waals surface area contributed by atoms with E-state index in [0.29, 0.717) is 6.54 Å². The average Bonchev–Trinajstić information content (AvgIpc) is 2.92. The molecule has 1 saturated heterocycles. The first-order valence-electron chi connectivity index (χ1n) is 8.74. The van der Waals surface area contributed by atoms with Crippen molar-refractivity contribution < 1.29 is 9.18 Å². The van der Waals surface area contributed by atoms with Crippen molar-refractivity contribution in [3.8, 4) is 0 Å². The molecule has 1 fully saturated rings. The fraction of sp³-hybridized carbons (Fsp3) is 0.286. The zero-order valence-electron chi connectivity index (χ0n) is 14.0. The lowest BCUT2D eigenvalue weighted by molar-refractivity contribution is 0.0759. The summed E-state index contributed by atoms with van der Waals surface area (Å²) in [4.78, 5) is 15.8. The van der Waals surface area contributed by atoms with Crippen LogP contribution in [0.2, 0.25) is 0 Å². The van der Waals surface area contributed by atoms with Gasteiger partial charge in [-0.15, -0.1) is 11.3 Å². The highest BCUT2D eigenvalue weighted by atomic mass is 32.1. The molecule has 25 heavy (non-hydrogen) atoms. The quantitative estimate of drug-likeness (QED) is 0.600. The molecular formula is C21H20FNOS. The fourth-order valence-electron chi connectivity index (χ4n) is 3.58. The van der Waals surface area contributed by atoms with E-state index in [1.54, 1.807) is 11.3 Å². The first-order chi connectivity index (χ1) is 12.2. The van der Waals surface area contributed by atoms with Crippen molar-refractivity contribution in [2.75, 3.05) is 13.1 Å². The van der Waals surface area contributed by atoms with Gasteiger partial charge in [0.1, 0.15) is 5.82 Å². The lowest BCUT2D eigenvalue weighted by Gasteiger charge is -2.24. The predicted molar refractivity (Wildman–Crippen MR) is 101 cm³/mol. The zero-order chi connectivity index (χ0) is 17.2. The Balaban J connectivity index is 1.57. The minimum absolute atomic E-state index is 0.121. The van der Waals surface area contributed by atoms with Crippen molar-refractivity contribution in [3.05, 3.63) is 70.9 Å². The van der Waals surface area contributed by atoms with Gasteiger partial charge in [0.15, 0.2) is 0 Å². The molecule has 1 aromatic heterocycles. The van der Waals surface area contributed by atoms with Gasteiger partial charge in [-0.05, 0) is 48.1 Å². The van der Waals surface area contributed by atoms with E-state index in [9.17, 15) is 9.18 Å². The average molecular weight is 353 g/mol. The Morgan fingerprint density at radius 1 is 1.08 bits per heavy atom. The number of hydrogen-bond acceptors (Lipinski definition) is 2. The molecular weight excluding hydrogens is 333 g/mol. The van der Waals surface area contributed by atoms with Gasteiger partial charge < -0.3 is 4.90 Å². The molecule has 1 amide bonds. The number of halogens is 1. The molecule has 128 valence electrons. The number of rotatable bonds is 2. The van der Waals surface area contributed by atoms with Crippen LogP contribution in [0.3, 0.4) is 0 Å². The second-order valence-electron chi connectivity index (χ2n) is 6.64. The highest BCUT2D eigenvalue weighted by Crippen LogP contribution is 2.30. The van der Waals surface area contributed by atoms with Crippen LogP contribution in [0.15, 0.2) is 54.6 Å². The predicted octanol–water partition coefficient (Wildman–Crippen LogP) is 5.45. The molecule has 1 aliphatic rings. The first kappa shape index (κ1) is 16.3. The van der Waals surface area contributed by atoms with E-state index >= 15 is 0 Å². The zero-order valence-corrected chi connectivity index (χ0v) is 14.8. The summed E-state index contributed by atoms with van der Waals surface area (Å²) in [6, 6.07) is 16.8. The van der Waals surface area contributed by atoms with Crippen LogP contribution in [-0.4, -0.2) is 23.9 Å². The van der Waals surface area contributed by atoms with E-state index in [0.717, 1.165) is 46.3 Å². The summed E-state index contributed by atoms with van der Waals surface area (Å²) >= 11 is 1.56. The fourth-order valence-corrected chi connectivity index (χ4v) is 4.61. The molecule has 0 saturated carbocycles. The van der Waals surface area contributed by atoms with Gasteiger partial charge in [0.05, 0.1) is 4.88 Å². The van der Waals surface area contributed by atoms with Crippen LogP contribution in [0.4, 0.5) is 4.39 Å². The molecule has 4 heteroatoms. The molecule has 0 N–H and O–H groups in total. The third-order valence-corrected chi connectivity index (χ3v) is 6.04. The molecule has 2 aromatic carbocycles. The molecule has 0 spiro atoms. The van der Waals surface area contributed by atoms with E-state index in [-0.39, 0.29) is 17.6 Å². The van der Waals surface area contributed by atoms with Crippen LogP contribution in [0, 0.1) is 5.82 Å². The van der Waals surface area contributed by atoms with Gasteiger partial charge >= 0.3 is 0 Å². The van der Waals surface area contributed by atoms with Crippen molar-refractivity contribution in [1.82, 2.24) is 4.90 Å². The van der Waals surface area contributed by atoms with Gasteiger partial charge in [-0.2, -0.15) is 0 Å². The highest BCUT2D eigenvalue weighted by molar-refractivity contribution is 7.20. The molecule has 2 heterocycles. The summed E-state index contributed by atoms with van der Waals surface area (Å²) in [5, 5.41) is 1.13. The van der Waals surface area contributed by atoms with Crippen LogP contribution in [-0.2, 0) is 0 Å². The van der Waals surface area contributed by atoms with Gasteiger partial charge in [0.2, 0.25) is 0 Å². The Kier molecular flexibility index (Phi) is 4.53. The third-order valence-electron chi connectivity index (χ3n) is 4.94. The molecule has 0 radical (unpaired) electrons. The monoisotopic (exact) mass is 353 g/mol. The summed E-state index contributed by atoms with van der Waals surface area (Å²) < 4.78 is 14.3. The number of hydrogen-bond donors (Lipinski definition) is 0.